The highest BCUT2D eigenvalue weighted by Crippen LogP contribution is 2.66. The molecule has 0 radical (unpaired) electrons. The molecule has 4 heteroatoms. The summed E-state index contributed by atoms with van der Waals surface area (Å²) in [6.45, 7) is 4.97. The van der Waals surface area contributed by atoms with E-state index in [9.17, 15) is 0 Å². The van der Waals surface area contributed by atoms with Crippen molar-refractivity contribution in [2.45, 2.75) is 57.9 Å². The van der Waals surface area contributed by atoms with Crippen molar-refractivity contribution in [1.29, 1.82) is 0 Å². The Balaban J connectivity index is 1.51. The van der Waals surface area contributed by atoms with E-state index in [1.165, 1.54) is 38.5 Å². The molecule has 124 valence electrons. The molecule has 2 nitrogen and oxygen atoms in total. The van der Waals surface area contributed by atoms with E-state index < -0.39 is 0 Å². The standard InChI is InChI=1S/C19H25ClN2S/c1-17-7-13-8-18(2,10-17)12-19(9-13,11-17)22-16(23)21-15-5-3-4-14(20)6-15/h3-6,13H,7-12H2,1-2H3,(H2,21,22,23). The second kappa shape index (κ2) is 5.10. The van der Waals surface area contributed by atoms with Gasteiger partial charge in [0.05, 0.1) is 0 Å². The molecular formula is C19H25ClN2S. The number of benzene rings is 1. The molecule has 0 spiro atoms. The van der Waals surface area contributed by atoms with E-state index in [2.05, 4.69) is 24.5 Å². The molecule has 4 aliphatic carbocycles. The first kappa shape index (κ1) is 15.7. The molecule has 2 atom stereocenters. The third-order valence-corrected chi connectivity index (χ3v) is 6.53. The molecule has 1 aromatic rings. The second-order valence-corrected chi connectivity index (χ2v) is 9.84. The minimum Gasteiger partial charge on any atom is -0.357 e. The highest BCUT2D eigenvalue weighted by atomic mass is 35.5. The van der Waals surface area contributed by atoms with Gasteiger partial charge in [0.2, 0.25) is 0 Å². The van der Waals surface area contributed by atoms with Gasteiger partial charge in [0.25, 0.3) is 0 Å². The van der Waals surface area contributed by atoms with E-state index >= 15 is 0 Å². The summed E-state index contributed by atoms with van der Waals surface area (Å²) >= 11 is 11.7. The first-order valence-electron chi connectivity index (χ1n) is 8.62. The van der Waals surface area contributed by atoms with Crippen LogP contribution in [-0.4, -0.2) is 10.7 Å². The quantitative estimate of drug-likeness (QED) is 0.702. The van der Waals surface area contributed by atoms with Gasteiger partial charge in [-0.15, -0.1) is 0 Å². The normalized spacial score (nSPS) is 40.9. The predicted molar refractivity (Wildman–Crippen MR) is 101 cm³/mol. The maximum absolute atomic E-state index is 6.06. The summed E-state index contributed by atoms with van der Waals surface area (Å²) in [4.78, 5) is 0. The summed E-state index contributed by atoms with van der Waals surface area (Å²) in [7, 11) is 0. The SMILES string of the molecule is CC12CC3CC(C)(C1)CC(NC(=S)Nc1cccc(Cl)c1)(C3)C2. The zero-order valence-electron chi connectivity index (χ0n) is 13.9. The number of rotatable bonds is 2. The fourth-order valence-electron chi connectivity index (χ4n) is 6.56. The van der Waals surface area contributed by atoms with Crippen LogP contribution in [0.5, 0.6) is 0 Å². The third-order valence-electron chi connectivity index (χ3n) is 6.09. The fourth-order valence-corrected chi connectivity index (χ4v) is 7.08. The lowest BCUT2D eigenvalue weighted by atomic mass is 9.43. The van der Waals surface area contributed by atoms with Gasteiger partial charge in [-0.3, -0.25) is 0 Å². The highest BCUT2D eigenvalue weighted by Gasteiger charge is 2.60. The molecule has 2 unspecified atom stereocenters. The molecule has 4 bridgehead atoms. The van der Waals surface area contributed by atoms with Crippen LogP contribution in [0.15, 0.2) is 24.3 Å². The molecule has 4 aliphatic rings. The molecule has 1 aromatic carbocycles. The molecule has 0 aliphatic heterocycles. The Bertz CT molecular complexity index is 641. The molecule has 23 heavy (non-hydrogen) atoms. The fraction of sp³-hybridized carbons (Fsp3) is 0.632. The summed E-state index contributed by atoms with van der Waals surface area (Å²) in [6.07, 6.45) is 7.97. The third kappa shape index (κ3) is 2.98. The van der Waals surface area contributed by atoms with Gasteiger partial charge in [0.1, 0.15) is 0 Å². The smallest absolute Gasteiger partial charge is 0.171 e. The average molecular weight is 349 g/mol. The summed E-state index contributed by atoms with van der Waals surface area (Å²) in [5, 5.41) is 8.51. The van der Waals surface area contributed by atoms with Gasteiger partial charge >= 0.3 is 0 Å². The van der Waals surface area contributed by atoms with Gasteiger partial charge in [-0.05, 0) is 85.7 Å². The van der Waals surface area contributed by atoms with Crippen molar-refractivity contribution in [3.63, 3.8) is 0 Å². The lowest BCUT2D eigenvalue weighted by Gasteiger charge is -2.65. The van der Waals surface area contributed by atoms with Crippen LogP contribution >= 0.6 is 23.8 Å². The largest absolute Gasteiger partial charge is 0.357 e. The van der Waals surface area contributed by atoms with Gasteiger partial charge in [0.15, 0.2) is 5.11 Å². The summed E-state index contributed by atoms with van der Waals surface area (Å²) in [5.74, 6) is 0.864. The second-order valence-electron chi connectivity index (χ2n) is 9.00. The molecule has 0 saturated heterocycles. The number of nitrogens with one attached hydrogen (secondary N) is 2. The van der Waals surface area contributed by atoms with Crippen molar-refractivity contribution in [3.8, 4) is 0 Å². The van der Waals surface area contributed by atoms with Gasteiger partial charge in [-0.25, -0.2) is 0 Å². The minimum absolute atomic E-state index is 0.186. The van der Waals surface area contributed by atoms with E-state index in [1.54, 1.807) is 0 Å². The van der Waals surface area contributed by atoms with Crippen molar-refractivity contribution >= 4 is 34.6 Å². The van der Waals surface area contributed by atoms with Gasteiger partial charge < -0.3 is 10.6 Å². The molecule has 0 heterocycles. The maximum atomic E-state index is 6.06. The lowest BCUT2D eigenvalue weighted by Crippen LogP contribution is -2.65. The molecule has 4 fully saturated rings. The number of hydrogen-bond donors (Lipinski definition) is 2. The van der Waals surface area contributed by atoms with Gasteiger partial charge in [-0.1, -0.05) is 31.5 Å². The van der Waals surface area contributed by atoms with Crippen LogP contribution in [0.3, 0.4) is 0 Å². The first-order valence-corrected chi connectivity index (χ1v) is 9.41. The summed E-state index contributed by atoms with van der Waals surface area (Å²) in [6, 6.07) is 7.74. The minimum atomic E-state index is 0.186. The Labute approximate surface area is 149 Å². The zero-order valence-corrected chi connectivity index (χ0v) is 15.5. The molecule has 4 saturated carbocycles. The van der Waals surface area contributed by atoms with E-state index in [1.807, 2.05) is 24.3 Å². The Morgan fingerprint density at radius 1 is 1.13 bits per heavy atom. The Morgan fingerprint density at radius 3 is 2.43 bits per heavy atom. The van der Waals surface area contributed by atoms with Gasteiger partial charge in [-0.2, -0.15) is 0 Å². The van der Waals surface area contributed by atoms with Crippen LogP contribution in [-0.2, 0) is 0 Å². The van der Waals surface area contributed by atoms with E-state index in [0.29, 0.717) is 10.8 Å². The highest BCUT2D eigenvalue weighted by molar-refractivity contribution is 7.80. The number of thiocarbonyl (C=S) groups is 1. The van der Waals surface area contributed by atoms with E-state index in [-0.39, 0.29) is 5.54 Å². The molecular weight excluding hydrogens is 324 g/mol. The number of hydrogen-bond acceptors (Lipinski definition) is 1. The van der Waals surface area contributed by atoms with Crippen molar-refractivity contribution in [2.24, 2.45) is 16.7 Å². The van der Waals surface area contributed by atoms with Crippen LogP contribution in [0.1, 0.15) is 52.4 Å². The lowest BCUT2D eigenvalue weighted by molar-refractivity contribution is -0.111. The van der Waals surface area contributed by atoms with Crippen molar-refractivity contribution in [1.82, 2.24) is 5.32 Å². The first-order chi connectivity index (χ1) is 10.8. The molecule has 0 aromatic heterocycles. The van der Waals surface area contributed by atoms with Crippen LogP contribution in [0, 0.1) is 16.7 Å². The number of anilines is 1. The topological polar surface area (TPSA) is 24.1 Å². The summed E-state index contributed by atoms with van der Waals surface area (Å²) < 4.78 is 0. The Hall–Kier alpha value is -0.800. The van der Waals surface area contributed by atoms with Crippen LogP contribution in [0.25, 0.3) is 0 Å². The summed E-state index contributed by atoms with van der Waals surface area (Å²) in [5.41, 5.74) is 2.13. The average Bonchev–Trinajstić information content (AvgIpc) is 2.32. The zero-order chi connectivity index (χ0) is 16.3. The number of halogens is 1. The molecule has 2 N–H and O–H groups in total. The van der Waals surface area contributed by atoms with Gasteiger partial charge in [0, 0.05) is 16.2 Å². The molecule has 5 rings (SSSR count). The van der Waals surface area contributed by atoms with Crippen molar-refractivity contribution < 1.29 is 0 Å². The van der Waals surface area contributed by atoms with E-state index in [4.69, 9.17) is 23.8 Å². The predicted octanol–water partition coefficient (Wildman–Crippen LogP) is 5.38. The monoisotopic (exact) mass is 348 g/mol. The van der Waals surface area contributed by atoms with E-state index in [0.717, 1.165) is 21.7 Å². The maximum Gasteiger partial charge on any atom is 0.171 e. The van der Waals surface area contributed by atoms with Crippen molar-refractivity contribution in [2.75, 3.05) is 5.32 Å². The Kier molecular flexibility index (Phi) is 3.48. The molecule has 0 amide bonds. The van der Waals surface area contributed by atoms with Crippen LogP contribution in [0.4, 0.5) is 5.69 Å². The van der Waals surface area contributed by atoms with Crippen molar-refractivity contribution in [3.05, 3.63) is 29.3 Å². The Morgan fingerprint density at radius 2 is 1.83 bits per heavy atom. The van der Waals surface area contributed by atoms with Crippen LogP contribution < -0.4 is 10.6 Å². The van der Waals surface area contributed by atoms with Crippen LogP contribution in [0.2, 0.25) is 5.02 Å².